The first kappa shape index (κ1) is 11.7. The minimum absolute atomic E-state index is 0.0725. The summed E-state index contributed by atoms with van der Waals surface area (Å²) >= 11 is 0. The molecule has 1 heterocycles. The van der Waals surface area contributed by atoms with Crippen LogP contribution in [0.15, 0.2) is 18.2 Å². The standard InChI is InChI=1S/C12H21OSi/c1-6-7-8-9-11-10-14(4,5)13-12(11,2)3/h6H,1,7-8,10H2,2-5H3. The topological polar surface area (TPSA) is 9.23 Å². The average molecular weight is 209 g/mol. The summed E-state index contributed by atoms with van der Waals surface area (Å²) in [5.41, 5.74) is 1.30. The molecule has 1 aliphatic rings. The minimum atomic E-state index is -1.42. The van der Waals surface area contributed by atoms with Crippen molar-refractivity contribution < 1.29 is 4.43 Å². The molecule has 2 heteroatoms. The van der Waals surface area contributed by atoms with Gasteiger partial charge in [0, 0.05) is 0 Å². The van der Waals surface area contributed by atoms with Gasteiger partial charge in [-0.2, -0.15) is 0 Å². The van der Waals surface area contributed by atoms with Crippen molar-refractivity contribution in [1.82, 2.24) is 0 Å². The zero-order valence-electron chi connectivity index (χ0n) is 9.81. The lowest BCUT2D eigenvalue weighted by Gasteiger charge is -2.23. The molecular formula is C12H21OSi. The second-order valence-corrected chi connectivity index (χ2v) is 9.11. The van der Waals surface area contributed by atoms with Crippen LogP contribution in [0.5, 0.6) is 0 Å². The molecule has 0 aromatic heterocycles. The fraction of sp³-hybridized carbons (Fsp3) is 0.667. The highest BCUT2D eigenvalue weighted by Crippen LogP contribution is 2.39. The molecule has 0 aliphatic carbocycles. The Morgan fingerprint density at radius 2 is 2.21 bits per heavy atom. The van der Waals surface area contributed by atoms with Crippen LogP contribution in [0.1, 0.15) is 26.7 Å². The Morgan fingerprint density at radius 3 is 2.64 bits per heavy atom. The van der Waals surface area contributed by atoms with Gasteiger partial charge in [-0.25, -0.2) is 0 Å². The third kappa shape index (κ3) is 2.82. The van der Waals surface area contributed by atoms with Gasteiger partial charge in [-0.15, -0.1) is 6.58 Å². The lowest BCUT2D eigenvalue weighted by atomic mass is 9.98. The van der Waals surface area contributed by atoms with Gasteiger partial charge in [0.2, 0.25) is 0 Å². The monoisotopic (exact) mass is 209 g/mol. The van der Waals surface area contributed by atoms with Gasteiger partial charge in [0.15, 0.2) is 8.32 Å². The molecule has 0 aromatic rings. The van der Waals surface area contributed by atoms with E-state index in [0.717, 1.165) is 18.9 Å². The van der Waals surface area contributed by atoms with Crippen LogP contribution in [0.4, 0.5) is 0 Å². The van der Waals surface area contributed by atoms with Crippen molar-refractivity contribution in [3.8, 4) is 0 Å². The van der Waals surface area contributed by atoms with Crippen molar-refractivity contribution >= 4 is 8.32 Å². The van der Waals surface area contributed by atoms with E-state index in [0.29, 0.717) is 0 Å². The summed E-state index contributed by atoms with van der Waals surface area (Å²) in [5, 5.41) is 0. The van der Waals surface area contributed by atoms with Gasteiger partial charge in [0.1, 0.15) is 0 Å². The third-order valence-corrected chi connectivity index (χ3v) is 4.82. The summed E-state index contributed by atoms with van der Waals surface area (Å²) in [6.45, 7) is 12.6. The van der Waals surface area contributed by atoms with Crippen LogP contribution in [-0.4, -0.2) is 13.9 Å². The highest BCUT2D eigenvalue weighted by atomic mass is 28.4. The molecule has 0 bridgehead atoms. The predicted octanol–water partition coefficient (Wildman–Crippen LogP) is 3.70. The van der Waals surface area contributed by atoms with Crippen LogP contribution in [0.25, 0.3) is 0 Å². The van der Waals surface area contributed by atoms with Crippen molar-refractivity contribution in [2.75, 3.05) is 0 Å². The zero-order chi connectivity index (χ0) is 10.8. The summed E-state index contributed by atoms with van der Waals surface area (Å²) in [6, 6.07) is 1.14. The van der Waals surface area contributed by atoms with E-state index in [2.05, 4.69) is 39.6 Å². The molecule has 1 nitrogen and oxygen atoms in total. The summed E-state index contributed by atoms with van der Waals surface area (Å²) in [6.07, 6.45) is 7.42. The molecule has 79 valence electrons. The summed E-state index contributed by atoms with van der Waals surface area (Å²) in [4.78, 5) is 0. The molecule has 0 spiro atoms. The second-order valence-electron chi connectivity index (χ2n) is 5.03. The van der Waals surface area contributed by atoms with Gasteiger partial charge in [-0.3, -0.25) is 0 Å². The molecular weight excluding hydrogens is 188 g/mol. The first-order valence-corrected chi connectivity index (χ1v) is 8.40. The third-order valence-electron chi connectivity index (χ3n) is 2.55. The Bertz CT molecular complexity index is 251. The van der Waals surface area contributed by atoms with Crippen LogP contribution in [-0.2, 0) is 4.43 Å². The van der Waals surface area contributed by atoms with Gasteiger partial charge >= 0.3 is 0 Å². The van der Waals surface area contributed by atoms with E-state index >= 15 is 0 Å². The van der Waals surface area contributed by atoms with Gasteiger partial charge in [-0.05, 0) is 57.5 Å². The molecule has 0 unspecified atom stereocenters. The number of rotatable bonds is 3. The molecule has 0 aromatic carbocycles. The van der Waals surface area contributed by atoms with E-state index < -0.39 is 8.32 Å². The molecule has 1 rings (SSSR count). The molecule has 0 saturated carbocycles. The van der Waals surface area contributed by atoms with Crippen molar-refractivity contribution in [2.45, 2.75) is 51.4 Å². The van der Waals surface area contributed by atoms with Crippen LogP contribution in [0.2, 0.25) is 19.1 Å². The lowest BCUT2D eigenvalue weighted by molar-refractivity contribution is 0.163. The molecule has 1 radical (unpaired) electrons. The number of hydrogen-bond acceptors (Lipinski definition) is 1. The average Bonchev–Trinajstić information content (AvgIpc) is 2.20. The van der Waals surface area contributed by atoms with E-state index in [9.17, 15) is 0 Å². The fourth-order valence-corrected chi connectivity index (χ4v) is 5.01. The van der Waals surface area contributed by atoms with E-state index in [4.69, 9.17) is 4.43 Å². The number of hydrogen-bond donors (Lipinski definition) is 0. The van der Waals surface area contributed by atoms with Crippen LogP contribution in [0.3, 0.4) is 0 Å². The Kier molecular flexibility index (Phi) is 3.38. The Balaban J connectivity index is 2.69. The van der Waals surface area contributed by atoms with Gasteiger partial charge < -0.3 is 4.43 Å². The first-order chi connectivity index (χ1) is 6.37. The summed E-state index contributed by atoms with van der Waals surface area (Å²) < 4.78 is 6.09. The predicted molar refractivity (Wildman–Crippen MR) is 63.6 cm³/mol. The Hall–Kier alpha value is -0.343. The molecule has 14 heavy (non-hydrogen) atoms. The highest BCUT2D eigenvalue weighted by molar-refractivity contribution is 6.72. The molecule has 1 aliphatic heterocycles. The van der Waals surface area contributed by atoms with Crippen molar-refractivity contribution in [3.63, 3.8) is 0 Å². The molecule has 1 saturated heterocycles. The van der Waals surface area contributed by atoms with Gasteiger partial charge in [-0.1, -0.05) is 6.08 Å². The maximum Gasteiger partial charge on any atom is 0.192 e. The minimum Gasteiger partial charge on any atom is -0.408 e. The summed E-state index contributed by atoms with van der Waals surface area (Å²) in [7, 11) is -1.42. The Morgan fingerprint density at radius 1 is 1.57 bits per heavy atom. The van der Waals surface area contributed by atoms with Crippen LogP contribution >= 0.6 is 0 Å². The van der Waals surface area contributed by atoms with Gasteiger partial charge in [0.25, 0.3) is 0 Å². The van der Waals surface area contributed by atoms with Crippen molar-refractivity contribution in [1.29, 1.82) is 0 Å². The first-order valence-electron chi connectivity index (χ1n) is 5.29. The normalized spacial score (nSPS) is 26.7. The lowest BCUT2D eigenvalue weighted by Crippen LogP contribution is -2.30. The zero-order valence-corrected chi connectivity index (χ0v) is 10.8. The fourth-order valence-electron chi connectivity index (χ4n) is 2.03. The van der Waals surface area contributed by atoms with E-state index in [1.54, 1.807) is 0 Å². The quantitative estimate of drug-likeness (QED) is 0.391. The smallest absolute Gasteiger partial charge is 0.192 e. The molecule has 0 N–H and O–H groups in total. The van der Waals surface area contributed by atoms with Crippen molar-refractivity contribution in [3.05, 3.63) is 24.3 Å². The maximum absolute atomic E-state index is 6.09. The van der Waals surface area contributed by atoms with E-state index in [1.165, 1.54) is 5.57 Å². The Labute approximate surface area is 89.0 Å². The molecule has 0 atom stereocenters. The molecule has 0 amide bonds. The maximum atomic E-state index is 6.09. The SMILES string of the molecule is C=CCC[C]=C1C[Si](C)(C)OC1(C)C. The van der Waals surface area contributed by atoms with Crippen LogP contribution < -0.4 is 0 Å². The summed E-state index contributed by atoms with van der Waals surface area (Å²) in [5.74, 6) is 0. The van der Waals surface area contributed by atoms with Crippen molar-refractivity contribution in [2.24, 2.45) is 0 Å². The van der Waals surface area contributed by atoms with Crippen LogP contribution in [0, 0.1) is 6.08 Å². The van der Waals surface area contributed by atoms with E-state index in [-0.39, 0.29) is 5.60 Å². The highest BCUT2D eigenvalue weighted by Gasteiger charge is 2.42. The van der Waals surface area contributed by atoms with Gasteiger partial charge in [0.05, 0.1) is 5.60 Å². The second kappa shape index (κ2) is 4.03. The largest absolute Gasteiger partial charge is 0.408 e. The number of allylic oxidation sites excluding steroid dienone is 2. The van der Waals surface area contributed by atoms with E-state index in [1.807, 2.05) is 6.08 Å². The number of unbranched alkanes of at least 4 members (excludes halogenated alkanes) is 1. The molecule has 1 fully saturated rings.